The summed E-state index contributed by atoms with van der Waals surface area (Å²) >= 11 is 0. The summed E-state index contributed by atoms with van der Waals surface area (Å²) in [5.41, 5.74) is 0.233. The molecule has 2 N–H and O–H groups in total. The molecule has 1 amide bonds. The molecule has 0 saturated heterocycles. The van der Waals surface area contributed by atoms with Crippen molar-refractivity contribution in [3.05, 3.63) is 48.8 Å². The number of para-hydroxylation sites is 2. The SMILES string of the molecule is Cn1cnc(C(=O)NC(C)(Cn2cnc3ccccc32)C(=O)O)c1. The van der Waals surface area contributed by atoms with Crippen molar-refractivity contribution in [2.45, 2.75) is 19.0 Å². The van der Waals surface area contributed by atoms with Gasteiger partial charge in [-0.25, -0.2) is 14.8 Å². The van der Waals surface area contributed by atoms with Crippen molar-refractivity contribution >= 4 is 22.9 Å². The lowest BCUT2D eigenvalue weighted by atomic mass is 10.0. The van der Waals surface area contributed by atoms with Gasteiger partial charge in [0.2, 0.25) is 0 Å². The minimum absolute atomic E-state index is 0.0431. The van der Waals surface area contributed by atoms with E-state index in [1.54, 1.807) is 22.5 Å². The number of amides is 1. The quantitative estimate of drug-likeness (QED) is 0.729. The number of carbonyl (C=O) groups is 2. The Morgan fingerprint density at radius 1 is 1.25 bits per heavy atom. The van der Waals surface area contributed by atoms with E-state index >= 15 is 0 Å². The molecule has 24 heavy (non-hydrogen) atoms. The molecule has 3 aromatic rings. The van der Waals surface area contributed by atoms with E-state index in [-0.39, 0.29) is 12.2 Å². The average molecular weight is 327 g/mol. The number of aliphatic carboxylic acids is 1. The summed E-state index contributed by atoms with van der Waals surface area (Å²) in [6.45, 7) is 1.51. The maximum absolute atomic E-state index is 12.3. The van der Waals surface area contributed by atoms with E-state index in [2.05, 4.69) is 15.3 Å². The number of hydrogen-bond acceptors (Lipinski definition) is 4. The highest BCUT2D eigenvalue weighted by molar-refractivity contribution is 5.96. The number of hydrogen-bond donors (Lipinski definition) is 2. The number of nitrogens with one attached hydrogen (secondary N) is 1. The number of carboxylic acid groups (broad SMARTS) is 1. The molecule has 0 saturated carbocycles. The molecule has 0 aliphatic heterocycles. The van der Waals surface area contributed by atoms with Gasteiger partial charge in [0.05, 0.1) is 30.2 Å². The van der Waals surface area contributed by atoms with Crippen LogP contribution >= 0.6 is 0 Å². The van der Waals surface area contributed by atoms with Gasteiger partial charge in [-0.3, -0.25) is 4.79 Å². The molecule has 1 aromatic carbocycles. The van der Waals surface area contributed by atoms with E-state index < -0.39 is 17.4 Å². The van der Waals surface area contributed by atoms with Gasteiger partial charge >= 0.3 is 5.97 Å². The molecule has 0 fully saturated rings. The molecule has 0 aliphatic rings. The van der Waals surface area contributed by atoms with Crippen LogP contribution in [0.2, 0.25) is 0 Å². The summed E-state index contributed by atoms with van der Waals surface area (Å²) in [7, 11) is 1.73. The molecule has 0 spiro atoms. The fourth-order valence-corrected chi connectivity index (χ4v) is 2.48. The maximum Gasteiger partial charge on any atom is 0.331 e. The molecule has 2 aromatic heterocycles. The largest absolute Gasteiger partial charge is 0.479 e. The zero-order valence-corrected chi connectivity index (χ0v) is 13.3. The van der Waals surface area contributed by atoms with Gasteiger partial charge in [0.25, 0.3) is 5.91 Å². The lowest BCUT2D eigenvalue weighted by Crippen LogP contribution is -2.55. The molecule has 124 valence electrons. The number of aromatic nitrogens is 4. The second-order valence-electron chi connectivity index (χ2n) is 5.88. The van der Waals surface area contributed by atoms with Crippen LogP contribution in [0.3, 0.4) is 0 Å². The Morgan fingerprint density at radius 3 is 2.67 bits per heavy atom. The zero-order chi connectivity index (χ0) is 17.3. The van der Waals surface area contributed by atoms with Crippen LogP contribution in [0.15, 0.2) is 43.1 Å². The fourth-order valence-electron chi connectivity index (χ4n) is 2.48. The molecular formula is C16H17N5O3. The van der Waals surface area contributed by atoms with Gasteiger partial charge in [0.1, 0.15) is 5.69 Å². The van der Waals surface area contributed by atoms with Crippen LogP contribution in [0.1, 0.15) is 17.4 Å². The Kier molecular flexibility index (Phi) is 3.80. The van der Waals surface area contributed by atoms with Gasteiger partial charge in [0, 0.05) is 13.2 Å². The minimum atomic E-state index is -1.50. The first-order valence-electron chi connectivity index (χ1n) is 7.33. The predicted molar refractivity (Wildman–Crippen MR) is 86.4 cm³/mol. The predicted octanol–water partition coefficient (Wildman–Crippen LogP) is 1.04. The number of rotatable bonds is 5. The van der Waals surface area contributed by atoms with Gasteiger partial charge in [-0.2, -0.15) is 0 Å². The van der Waals surface area contributed by atoms with E-state index in [0.717, 1.165) is 11.0 Å². The van der Waals surface area contributed by atoms with E-state index in [0.29, 0.717) is 0 Å². The van der Waals surface area contributed by atoms with Crippen molar-refractivity contribution in [2.75, 3.05) is 0 Å². The second kappa shape index (κ2) is 5.80. The summed E-state index contributed by atoms with van der Waals surface area (Å²) in [5.74, 6) is -1.67. The molecule has 0 bridgehead atoms. The second-order valence-corrected chi connectivity index (χ2v) is 5.88. The van der Waals surface area contributed by atoms with Gasteiger partial charge in [-0.15, -0.1) is 0 Å². The topological polar surface area (TPSA) is 102 Å². The van der Waals surface area contributed by atoms with Crippen molar-refractivity contribution in [3.63, 3.8) is 0 Å². The Labute approximate surface area is 137 Å². The first-order chi connectivity index (χ1) is 11.4. The Morgan fingerprint density at radius 2 is 2.00 bits per heavy atom. The first kappa shape index (κ1) is 15.7. The number of carboxylic acids is 1. The monoisotopic (exact) mass is 327 g/mol. The summed E-state index contributed by atoms with van der Waals surface area (Å²) in [6, 6.07) is 7.41. The van der Waals surface area contributed by atoms with Crippen molar-refractivity contribution in [2.24, 2.45) is 7.05 Å². The normalized spacial score (nSPS) is 13.6. The molecule has 8 nitrogen and oxygen atoms in total. The lowest BCUT2D eigenvalue weighted by Gasteiger charge is -2.26. The van der Waals surface area contributed by atoms with Gasteiger partial charge in [0.15, 0.2) is 5.54 Å². The van der Waals surface area contributed by atoms with Crippen LogP contribution < -0.4 is 5.32 Å². The summed E-state index contributed by atoms with van der Waals surface area (Å²) < 4.78 is 3.33. The van der Waals surface area contributed by atoms with Crippen molar-refractivity contribution < 1.29 is 14.7 Å². The highest BCUT2D eigenvalue weighted by Crippen LogP contribution is 2.17. The maximum atomic E-state index is 12.3. The molecule has 2 heterocycles. The Hall–Kier alpha value is -3.16. The lowest BCUT2D eigenvalue weighted by molar-refractivity contribution is -0.144. The minimum Gasteiger partial charge on any atom is -0.479 e. The third-order valence-corrected chi connectivity index (χ3v) is 3.81. The van der Waals surface area contributed by atoms with Crippen LogP contribution in [0.4, 0.5) is 0 Å². The van der Waals surface area contributed by atoms with E-state index in [4.69, 9.17) is 0 Å². The third kappa shape index (κ3) is 2.85. The molecule has 0 aliphatic carbocycles. The molecule has 1 atom stereocenters. The summed E-state index contributed by atoms with van der Waals surface area (Å²) in [5, 5.41) is 12.2. The number of aryl methyl sites for hydroxylation is 1. The van der Waals surface area contributed by atoms with Crippen molar-refractivity contribution in [3.8, 4) is 0 Å². The van der Waals surface area contributed by atoms with Crippen molar-refractivity contribution in [1.29, 1.82) is 0 Å². The van der Waals surface area contributed by atoms with E-state index in [1.807, 2.05) is 24.3 Å². The number of imidazole rings is 2. The van der Waals surface area contributed by atoms with Crippen LogP contribution in [-0.2, 0) is 18.4 Å². The molecule has 8 heteroatoms. The fraction of sp³-hybridized carbons (Fsp3) is 0.250. The molecule has 3 rings (SSSR count). The molecule has 1 unspecified atom stereocenters. The number of nitrogens with zero attached hydrogens (tertiary/aromatic N) is 4. The number of fused-ring (bicyclic) bond motifs is 1. The summed E-state index contributed by atoms with van der Waals surface area (Å²) in [4.78, 5) is 32.3. The van der Waals surface area contributed by atoms with Crippen LogP contribution in [0.5, 0.6) is 0 Å². The van der Waals surface area contributed by atoms with E-state index in [9.17, 15) is 14.7 Å². The third-order valence-electron chi connectivity index (χ3n) is 3.81. The van der Waals surface area contributed by atoms with Gasteiger partial charge in [-0.05, 0) is 19.1 Å². The average Bonchev–Trinajstić information content (AvgIpc) is 3.14. The van der Waals surface area contributed by atoms with Crippen LogP contribution in [0, 0.1) is 0 Å². The highest BCUT2D eigenvalue weighted by Gasteiger charge is 2.36. The van der Waals surface area contributed by atoms with Crippen molar-refractivity contribution in [1.82, 2.24) is 24.4 Å². The van der Waals surface area contributed by atoms with Crippen LogP contribution in [-0.4, -0.2) is 41.6 Å². The Bertz CT molecular complexity index is 913. The first-order valence-corrected chi connectivity index (χ1v) is 7.33. The van der Waals surface area contributed by atoms with Gasteiger partial charge in [-0.1, -0.05) is 12.1 Å². The van der Waals surface area contributed by atoms with Gasteiger partial charge < -0.3 is 19.6 Å². The molecular weight excluding hydrogens is 310 g/mol. The Balaban J connectivity index is 1.88. The zero-order valence-electron chi connectivity index (χ0n) is 13.3. The smallest absolute Gasteiger partial charge is 0.331 e. The highest BCUT2D eigenvalue weighted by atomic mass is 16.4. The summed E-state index contributed by atoms with van der Waals surface area (Å²) in [6.07, 6.45) is 4.58. The standard InChI is InChI=1S/C16H17N5O3/c1-16(15(23)24,19-14(22)12-7-20(2)9-17-12)8-21-10-18-11-5-3-4-6-13(11)21/h3-7,9-10H,8H2,1-2H3,(H,19,22)(H,23,24). The number of benzene rings is 1. The number of carbonyl (C=O) groups excluding carboxylic acids is 1. The van der Waals surface area contributed by atoms with Crippen LogP contribution in [0.25, 0.3) is 11.0 Å². The van der Waals surface area contributed by atoms with E-state index in [1.165, 1.54) is 19.4 Å². The molecule has 0 radical (unpaired) electrons.